The van der Waals surface area contributed by atoms with Crippen molar-refractivity contribution in [3.63, 3.8) is 0 Å². The van der Waals surface area contributed by atoms with Crippen molar-refractivity contribution < 1.29 is 14.6 Å². The Kier molecular flexibility index (Phi) is 5.53. The molecule has 0 radical (unpaired) electrons. The van der Waals surface area contributed by atoms with Gasteiger partial charge < -0.3 is 15.2 Å². The summed E-state index contributed by atoms with van der Waals surface area (Å²) >= 11 is 0. The Morgan fingerprint density at radius 1 is 1.44 bits per heavy atom. The number of rotatable bonds is 6. The third-order valence-corrected chi connectivity index (χ3v) is 2.01. The van der Waals surface area contributed by atoms with E-state index >= 15 is 0 Å². The average molecular weight is 223 g/mol. The van der Waals surface area contributed by atoms with Gasteiger partial charge in [0, 0.05) is 13.5 Å². The Labute approximate surface area is 95.2 Å². The van der Waals surface area contributed by atoms with Crippen molar-refractivity contribution in [3.8, 4) is 0 Å². The first-order valence-corrected chi connectivity index (χ1v) is 5.22. The van der Waals surface area contributed by atoms with E-state index in [1.165, 1.54) is 6.92 Å². The summed E-state index contributed by atoms with van der Waals surface area (Å²) in [6, 6.07) is 9.73. The van der Waals surface area contributed by atoms with E-state index in [2.05, 4.69) is 5.32 Å². The first-order valence-electron chi connectivity index (χ1n) is 5.22. The molecule has 1 amide bonds. The number of nitrogens with one attached hydrogen (secondary N) is 1. The van der Waals surface area contributed by atoms with Crippen molar-refractivity contribution in [3.05, 3.63) is 35.9 Å². The van der Waals surface area contributed by atoms with E-state index in [-0.39, 0.29) is 19.1 Å². The second-order valence-electron chi connectivity index (χ2n) is 3.59. The highest BCUT2D eigenvalue weighted by Crippen LogP contribution is 2.00. The number of carbonyl (C=O) groups excluding carboxylic acids is 1. The Hall–Kier alpha value is -1.39. The summed E-state index contributed by atoms with van der Waals surface area (Å²) in [4.78, 5) is 10.6. The van der Waals surface area contributed by atoms with E-state index in [1.807, 2.05) is 30.3 Å². The van der Waals surface area contributed by atoms with Crippen LogP contribution in [-0.2, 0) is 16.1 Å². The largest absolute Gasteiger partial charge is 0.389 e. The van der Waals surface area contributed by atoms with Crippen LogP contribution in [0.25, 0.3) is 0 Å². The van der Waals surface area contributed by atoms with Crippen LogP contribution in [0.5, 0.6) is 0 Å². The minimum atomic E-state index is -0.660. The van der Waals surface area contributed by atoms with Gasteiger partial charge in [0.15, 0.2) is 0 Å². The Morgan fingerprint density at radius 3 is 2.75 bits per heavy atom. The number of ether oxygens (including phenoxy) is 1. The second kappa shape index (κ2) is 6.98. The van der Waals surface area contributed by atoms with Gasteiger partial charge in [-0.1, -0.05) is 30.3 Å². The molecular weight excluding hydrogens is 206 g/mol. The van der Waals surface area contributed by atoms with Gasteiger partial charge >= 0.3 is 0 Å². The summed E-state index contributed by atoms with van der Waals surface area (Å²) < 4.78 is 5.31. The fourth-order valence-electron chi connectivity index (χ4n) is 1.21. The molecule has 88 valence electrons. The summed E-state index contributed by atoms with van der Waals surface area (Å²) in [5.41, 5.74) is 1.06. The molecule has 0 aliphatic heterocycles. The Bertz CT molecular complexity index is 313. The Balaban J connectivity index is 2.13. The number of hydrogen-bond acceptors (Lipinski definition) is 3. The molecule has 0 fully saturated rings. The zero-order chi connectivity index (χ0) is 11.8. The standard InChI is InChI=1S/C12H17NO3/c1-10(14)13-7-12(15)9-16-8-11-5-3-2-4-6-11/h2-6,12,15H,7-9H2,1H3,(H,13,14)/t12-/m0/s1. The van der Waals surface area contributed by atoms with Gasteiger partial charge in [0.2, 0.25) is 5.91 Å². The molecule has 0 unspecified atom stereocenters. The molecule has 4 nitrogen and oxygen atoms in total. The van der Waals surface area contributed by atoms with Crippen molar-refractivity contribution in [2.45, 2.75) is 19.6 Å². The molecule has 0 saturated heterocycles. The molecule has 0 aliphatic carbocycles. The number of aliphatic hydroxyl groups excluding tert-OH is 1. The third kappa shape index (κ3) is 5.48. The lowest BCUT2D eigenvalue weighted by atomic mass is 10.2. The summed E-state index contributed by atoms with van der Waals surface area (Å²) in [6.07, 6.45) is -0.660. The normalized spacial score (nSPS) is 12.1. The van der Waals surface area contributed by atoms with Gasteiger partial charge in [0.1, 0.15) is 0 Å². The summed E-state index contributed by atoms with van der Waals surface area (Å²) in [7, 11) is 0. The SMILES string of the molecule is CC(=O)NC[C@H](O)COCc1ccccc1. The topological polar surface area (TPSA) is 58.6 Å². The lowest BCUT2D eigenvalue weighted by Gasteiger charge is -2.11. The van der Waals surface area contributed by atoms with E-state index in [9.17, 15) is 9.90 Å². The maximum Gasteiger partial charge on any atom is 0.216 e. The minimum absolute atomic E-state index is 0.151. The smallest absolute Gasteiger partial charge is 0.216 e. The molecule has 0 bridgehead atoms. The highest BCUT2D eigenvalue weighted by Gasteiger charge is 2.04. The zero-order valence-electron chi connectivity index (χ0n) is 9.35. The Morgan fingerprint density at radius 2 is 2.12 bits per heavy atom. The molecule has 0 heterocycles. The lowest BCUT2D eigenvalue weighted by Crippen LogP contribution is -2.33. The summed E-state index contributed by atoms with van der Waals surface area (Å²) in [6.45, 7) is 2.33. The molecule has 1 rings (SSSR count). The van der Waals surface area contributed by atoms with Gasteiger partial charge in [-0.25, -0.2) is 0 Å². The average Bonchev–Trinajstić information content (AvgIpc) is 2.28. The maximum absolute atomic E-state index is 10.6. The fraction of sp³-hybridized carbons (Fsp3) is 0.417. The molecular formula is C12H17NO3. The van der Waals surface area contributed by atoms with E-state index in [4.69, 9.17) is 4.74 Å². The van der Waals surface area contributed by atoms with Crippen LogP contribution in [0.1, 0.15) is 12.5 Å². The minimum Gasteiger partial charge on any atom is -0.389 e. The number of aliphatic hydroxyl groups is 1. The van der Waals surface area contributed by atoms with Crippen molar-refractivity contribution >= 4 is 5.91 Å². The van der Waals surface area contributed by atoms with Crippen LogP contribution in [0.4, 0.5) is 0 Å². The van der Waals surface area contributed by atoms with Gasteiger partial charge in [0.05, 0.1) is 19.3 Å². The second-order valence-corrected chi connectivity index (χ2v) is 3.59. The van der Waals surface area contributed by atoms with Crippen molar-refractivity contribution in [2.24, 2.45) is 0 Å². The van der Waals surface area contributed by atoms with Crippen LogP contribution in [0.2, 0.25) is 0 Å². The van der Waals surface area contributed by atoms with Gasteiger partial charge in [-0.2, -0.15) is 0 Å². The molecule has 1 aromatic carbocycles. The monoisotopic (exact) mass is 223 g/mol. The lowest BCUT2D eigenvalue weighted by molar-refractivity contribution is -0.119. The van der Waals surface area contributed by atoms with Crippen LogP contribution >= 0.6 is 0 Å². The van der Waals surface area contributed by atoms with Gasteiger partial charge in [-0.05, 0) is 5.56 Å². The molecule has 0 aromatic heterocycles. The molecule has 16 heavy (non-hydrogen) atoms. The third-order valence-electron chi connectivity index (χ3n) is 2.01. The zero-order valence-corrected chi connectivity index (χ0v) is 9.35. The fourth-order valence-corrected chi connectivity index (χ4v) is 1.21. The molecule has 0 saturated carbocycles. The first kappa shape index (κ1) is 12.7. The molecule has 0 aliphatic rings. The first-order chi connectivity index (χ1) is 7.68. The van der Waals surface area contributed by atoms with Crippen molar-refractivity contribution in [1.82, 2.24) is 5.32 Å². The number of carbonyl (C=O) groups is 1. The molecule has 2 N–H and O–H groups in total. The van der Waals surface area contributed by atoms with Crippen LogP contribution in [-0.4, -0.2) is 30.3 Å². The highest BCUT2D eigenvalue weighted by molar-refractivity contribution is 5.72. The van der Waals surface area contributed by atoms with Crippen LogP contribution in [0.15, 0.2) is 30.3 Å². The van der Waals surface area contributed by atoms with Gasteiger partial charge in [0.25, 0.3) is 0 Å². The van der Waals surface area contributed by atoms with E-state index in [0.717, 1.165) is 5.56 Å². The highest BCUT2D eigenvalue weighted by atomic mass is 16.5. The quantitative estimate of drug-likeness (QED) is 0.746. The van der Waals surface area contributed by atoms with Gasteiger partial charge in [-0.15, -0.1) is 0 Å². The van der Waals surface area contributed by atoms with E-state index in [0.29, 0.717) is 6.61 Å². The summed E-state index contributed by atoms with van der Waals surface area (Å²) in [5.74, 6) is -0.151. The van der Waals surface area contributed by atoms with Gasteiger partial charge in [-0.3, -0.25) is 4.79 Å². The van der Waals surface area contributed by atoms with Crippen LogP contribution in [0, 0.1) is 0 Å². The van der Waals surface area contributed by atoms with Crippen molar-refractivity contribution in [2.75, 3.05) is 13.2 Å². The summed E-state index contributed by atoms with van der Waals surface area (Å²) in [5, 5.41) is 12.0. The van der Waals surface area contributed by atoms with Crippen LogP contribution in [0.3, 0.4) is 0 Å². The predicted molar refractivity (Wildman–Crippen MR) is 60.8 cm³/mol. The maximum atomic E-state index is 10.6. The molecule has 1 aromatic rings. The molecule has 0 spiro atoms. The van der Waals surface area contributed by atoms with E-state index < -0.39 is 6.10 Å². The predicted octanol–water partition coefficient (Wildman–Crippen LogP) is 0.700. The van der Waals surface area contributed by atoms with Crippen LogP contribution < -0.4 is 5.32 Å². The molecule has 4 heteroatoms. The number of amides is 1. The number of hydrogen-bond donors (Lipinski definition) is 2. The van der Waals surface area contributed by atoms with E-state index in [1.54, 1.807) is 0 Å². The van der Waals surface area contributed by atoms with Crippen molar-refractivity contribution in [1.29, 1.82) is 0 Å². The molecule has 1 atom stereocenters. The number of benzene rings is 1.